The SMILES string of the molecule is COc1cccc(C(=O)Nc2c(F)cccc2F)c1. The maximum Gasteiger partial charge on any atom is 0.255 e. The minimum Gasteiger partial charge on any atom is -0.497 e. The van der Waals surface area contributed by atoms with Gasteiger partial charge in [0.2, 0.25) is 0 Å². The molecule has 0 heterocycles. The van der Waals surface area contributed by atoms with Crippen LogP contribution in [0.5, 0.6) is 5.75 Å². The van der Waals surface area contributed by atoms with E-state index in [0.717, 1.165) is 12.1 Å². The Kier molecular flexibility index (Phi) is 3.75. The van der Waals surface area contributed by atoms with E-state index in [4.69, 9.17) is 4.74 Å². The van der Waals surface area contributed by atoms with Crippen LogP contribution < -0.4 is 10.1 Å². The zero-order valence-corrected chi connectivity index (χ0v) is 10.1. The van der Waals surface area contributed by atoms with Crippen LogP contribution in [0.1, 0.15) is 10.4 Å². The standard InChI is InChI=1S/C14H11F2NO2/c1-19-10-5-2-4-9(8-10)14(18)17-13-11(15)6-3-7-12(13)16/h2-8H,1H3,(H,17,18). The minimum atomic E-state index is -0.823. The quantitative estimate of drug-likeness (QED) is 0.923. The molecule has 0 spiro atoms. The van der Waals surface area contributed by atoms with Crippen LogP contribution >= 0.6 is 0 Å². The van der Waals surface area contributed by atoms with E-state index in [1.54, 1.807) is 12.1 Å². The summed E-state index contributed by atoms with van der Waals surface area (Å²) in [5, 5.41) is 2.20. The van der Waals surface area contributed by atoms with Gasteiger partial charge < -0.3 is 10.1 Å². The predicted molar refractivity (Wildman–Crippen MR) is 67.3 cm³/mol. The number of hydrogen-bond donors (Lipinski definition) is 1. The summed E-state index contributed by atoms with van der Waals surface area (Å²) in [6, 6.07) is 9.66. The summed E-state index contributed by atoms with van der Waals surface area (Å²) < 4.78 is 31.8. The lowest BCUT2D eigenvalue weighted by Gasteiger charge is -2.08. The van der Waals surface area contributed by atoms with Gasteiger partial charge in [0, 0.05) is 5.56 Å². The molecule has 0 aromatic heterocycles. The van der Waals surface area contributed by atoms with Gasteiger partial charge in [0.15, 0.2) is 0 Å². The molecule has 5 heteroatoms. The summed E-state index contributed by atoms with van der Waals surface area (Å²) in [7, 11) is 1.47. The lowest BCUT2D eigenvalue weighted by molar-refractivity contribution is 0.102. The van der Waals surface area contributed by atoms with Crippen molar-refractivity contribution >= 4 is 11.6 Å². The van der Waals surface area contributed by atoms with Gasteiger partial charge in [0.05, 0.1) is 7.11 Å². The van der Waals surface area contributed by atoms with E-state index in [1.165, 1.54) is 25.3 Å². The van der Waals surface area contributed by atoms with Crippen molar-refractivity contribution in [1.82, 2.24) is 0 Å². The molecule has 0 aliphatic rings. The number of methoxy groups -OCH3 is 1. The second-order valence-corrected chi connectivity index (χ2v) is 3.78. The Bertz CT molecular complexity index is 594. The predicted octanol–water partition coefficient (Wildman–Crippen LogP) is 3.23. The molecule has 0 radical (unpaired) electrons. The molecule has 2 aromatic rings. The van der Waals surface area contributed by atoms with Gasteiger partial charge in [-0.05, 0) is 30.3 Å². The van der Waals surface area contributed by atoms with Crippen molar-refractivity contribution in [1.29, 1.82) is 0 Å². The van der Waals surface area contributed by atoms with E-state index in [1.807, 2.05) is 0 Å². The number of nitrogens with one attached hydrogen (secondary N) is 1. The number of ether oxygens (including phenoxy) is 1. The van der Waals surface area contributed by atoms with Crippen molar-refractivity contribution in [3.63, 3.8) is 0 Å². The number of amides is 1. The van der Waals surface area contributed by atoms with Crippen LogP contribution in [-0.2, 0) is 0 Å². The lowest BCUT2D eigenvalue weighted by atomic mass is 10.2. The zero-order valence-electron chi connectivity index (χ0n) is 10.1. The van der Waals surface area contributed by atoms with Crippen LogP contribution in [-0.4, -0.2) is 13.0 Å². The normalized spacial score (nSPS) is 10.1. The molecule has 98 valence electrons. The van der Waals surface area contributed by atoms with Gasteiger partial charge in [-0.15, -0.1) is 0 Å². The first-order valence-electron chi connectivity index (χ1n) is 5.51. The Balaban J connectivity index is 2.25. The highest BCUT2D eigenvalue weighted by Gasteiger charge is 2.13. The van der Waals surface area contributed by atoms with Gasteiger partial charge >= 0.3 is 0 Å². The Morgan fingerprint density at radius 3 is 2.37 bits per heavy atom. The first-order chi connectivity index (χ1) is 9.11. The van der Waals surface area contributed by atoms with Crippen molar-refractivity contribution < 1.29 is 18.3 Å². The van der Waals surface area contributed by atoms with Crippen molar-refractivity contribution in [2.45, 2.75) is 0 Å². The third kappa shape index (κ3) is 2.88. The molecule has 0 saturated carbocycles. The number of carbonyl (C=O) groups is 1. The van der Waals surface area contributed by atoms with Gasteiger partial charge in [-0.1, -0.05) is 12.1 Å². The van der Waals surface area contributed by atoms with Gasteiger partial charge in [-0.2, -0.15) is 0 Å². The number of rotatable bonds is 3. The maximum atomic E-state index is 13.4. The Morgan fingerprint density at radius 1 is 1.11 bits per heavy atom. The van der Waals surface area contributed by atoms with E-state index >= 15 is 0 Å². The fourth-order valence-corrected chi connectivity index (χ4v) is 1.57. The molecule has 0 saturated heterocycles. The molecule has 0 atom stereocenters. The number of halogens is 2. The molecule has 2 aromatic carbocycles. The van der Waals surface area contributed by atoms with Gasteiger partial charge in [-0.25, -0.2) is 8.78 Å². The molecule has 3 nitrogen and oxygen atoms in total. The number of carbonyl (C=O) groups excluding carboxylic acids is 1. The highest BCUT2D eigenvalue weighted by molar-refractivity contribution is 6.04. The second kappa shape index (κ2) is 5.48. The van der Waals surface area contributed by atoms with Crippen molar-refractivity contribution in [3.8, 4) is 5.75 Å². The van der Waals surface area contributed by atoms with E-state index in [0.29, 0.717) is 5.75 Å². The Labute approximate surface area is 108 Å². The highest BCUT2D eigenvalue weighted by Crippen LogP contribution is 2.20. The molecule has 2 rings (SSSR count). The van der Waals surface area contributed by atoms with E-state index in [2.05, 4.69) is 5.32 Å². The summed E-state index contributed by atoms with van der Waals surface area (Å²) in [5.74, 6) is -1.77. The second-order valence-electron chi connectivity index (χ2n) is 3.78. The van der Waals surface area contributed by atoms with E-state index in [9.17, 15) is 13.6 Å². The van der Waals surface area contributed by atoms with Crippen LogP contribution in [0, 0.1) is 11.6 Å². The first kappa shape index (κ1) is 13.0. The largest absolute Gasteiger partial charge is 0.497 e. The third-order valence-electron chi connectivity index (χ3n) is 2.53. The van der Waals surface area contributed by atoms with Crippen LogP contribution in [0.4, 0.5) is 14.5 Å². The monoisotopic (exact) mass is 263 g/mol. The summed E-state index contributed by atoms with van der Waals surface area (Å²) in [6.45, 7) is 0. The van der Waals surface area contributed by atoms with Crippen LogP contribution in [0.3, 0.4) is 0 Å². The number of hydrogen-bond acceptors (Lipinski definition) is 2. The minimum absolute atomic E-state index is 0.252. The molecule has 0 aliphatic heterocycles. The van der Waals surface area contributed by atoms with Crippen molar-refractivity contribution in [2.75, 3.05) is 12.4 Å². The van der Waals surface area contributed by atoms with Crippen LogP contribution in [0.2, 0.25) is 0 Å². The van der Waals surface area contributed by atoms with Crippen LogP contribution in [0.25, 0.3) is 0 Å². The fourth-order valence-electron chi connectivity index (χ4n) is 1.57. The molecule has 19 heavy (non-hydrogen) atoms. The molecule has 0 aliphatic carbocycles. The lowest BCUT2D eigenvalue weighted by Crippen LogP contribution is -2.14. The van der Waals surface area contributed by atoms with Gasteiger partial charge in [0.1, 0.15) is 23.1 Å². The molecule has 0 fully saturated rings. The molecular weight excluding hydrogens is 252 g/mol. The molecule has 1 amide bonds. The Morgan fingerprint density at radius 2 is 1.74 bits per heavy atom. The van der Waals surface area contributed by atoms with E-state index in [-0.39, 0.29) is 5.56 Å². The van der Waals surface area contributed by atoms with Crippen LogP contribution in [0.15, 0.2) is 42.5 Å². The number of para-hydroxylation sites is 1. The van der Waals surface area contributed by atoms with Gasteiger partial charge in [-0.3, -0.25) is 4.79 Å². The topological polar surface area (TPSA) is 38.3 Å². The van der Waals surface area contributed by atoms with Crippen molar-refractivity contribution in [3.05, 3.63) is 59.7 Å². The summed E-state index contributed by atoms with van der Waals surface area (Å²) in [4.78, 5) is 11.9. The molecule has 0 bridgehead atoms. The van der Waals surface area contributed by atoms with Crippen molar-refractivity contribution in [2.24, 2.45) is 0 Å². The zero-order chi connectivity index (χ0) is 13.8. The molecule has 0 unspecified atom stereocenters. The average molecular weight is 263 g/mol. The fraction of sp³-hybridized carbons (Fsp3) is 0.0714. The Hall–Kier alpha value is -2.43. The first-order valence-corrected chi connectivity index (χ1v) is 5.51. The maximum absolute atomic E-state index is 13.4. The van der Waals surface area contributed by atoms with E-state index < -0.39 is 23.2 Å². The number of benzene rings is 2. The highest BCUT2D eigenvalue weighted by atomic mass is 19.1. The molecular formula is C14H11F2NO2. The average Bonchev–Trinajstić information content (AvgIpc) is 2.43. The smallest absolute Gasteiger partial charge is 0.255 e. The summed E-state index contributed by atoms with van der Waals surface area (Å²) in [5.41, 5.74) is -0.211. The third-order valence-corrected chi connectivity index (χ3v) is 2.53. The summed E-state index contributed by atoms with van der Waals surface area (Å²) >= 11 is 0. The van der Waals surface area contributed by atoms with Gasteiger partial charge in [0.25, 0.3) is 5.91 Å². The molecule has 1 N–H and O–H groups in total. The summed E-state index contributed by atoms with van der Waals surface area (Å²) in [6.07, 6.45) is 0. The number of anilines is 1.